The summed E-state index contributed by atoms with van der Waals surface area (Å²) in [5.41, 5.74) is -0.480. The summed E-state index contributed by atoms with van der Waals surface area (Å²) in [6.45, 7) is 5.05. The summed E-state index contributed by atoms with van der Waals surface area (Å²) >= 11 is 0. The highest BCUT2D eigenvalue weighted by Gasteiger charge is 2.39. The lowest BCUT2D eigenvalue weighted by atomic mass is 9.98. The molecule has 3 aromatic carbocycles. The van der Waals surface area contributed by atoms with Crippen molar-refractivity contribution >= 4 is 22.5 Å². The van der Waals surface area contributed by atoms with Gasteiger partial charge in [-0.05, 0) is 36.2 Å². The van der Waals surface area contributed by atoms with Gasteiger partial charge in [0.1, 0.15) is 12.3 Å². The first kappa shape index (κ1) is 35.4. The van der Waals surface area contributed by atoms with Crippen molar-refractivity contribution in [3.63, 3.8) is 0 Å². The Kier molecular flexibility index (Phi) is 10.8. The largest absolute Gasteiger partial charge is 0.416 e. The van der Waals surface area contributed by atoms with Crippen LogP contribution in [0.1, 0.15) is 32.6 Å². The minimum absolute atomic E-state index is 0.0333. The number of hydrogen-bond donors (Lipinski definition) is 1. The first-order valence-corrected chi connectivity index (χ1v) is 16.4. The van der Waals surface area contributed by atoms with Crippen LogP contribution < -0.4 is 0 Å². The van der Waals surface area contributed by atoms with E-state index in [0.29, 0.717) is 63.7 Å². The Balaban J connectivity index is 1.26. The second kappa shape index (κ2) is 15.2. The molecule has 50 heavy (non-hydrogen) atoms. The van der Waals surface area contributed by atoms with E-state index in [1.54, 1.807) is 0 Å². The van der Waals surface area contributed by atoms with E-state index in [2.05, 4.69) is 19.9 Å². The molecular formula is C36H37F6N5O3. The number of carbonyl (C=O) groups excluding carboxylic acids is 1. The van der Waals surface area contributed by atoms with E-state index in [9.17, 15) is 31.1 Å². The van der Waals surface area contributed by atoms with Crippen LogP contribution in [0.2, 0.25) is 0 Å². The number of carbonyl (C=O) groups is 1. The normalized spacial score (nSPS) is 18.5. The van der Waals surface area contributed by atoms with Gasteiger partial charge in [-0.15, -0.1) is 0 Å². The van der Waals surface area contributed by atoms with Crippen molar-refractivity contribution in [1.82, 2.24) is 19.7 Å². The molecule has 1 atom stereocenters. The van der Waals surface area contributed by atoms with E-state index in [4.69, 9.17) is 9.57 Å². The molecule has 1 amide bonds. The number of oxime groups is 1. The molecule has 0 aliphatic carbocycles. The highest BCUT2D eigenvalue weighted by Crippen LogP contribution is 2.37. The highest BCUT2D eigenvalue weighted by atomic mass is 19.4. The number of ether oxygens (including phenoxy) is 1. The lowest BCUT2D eigenvalue weighted by Crippen LogP contribution is -2.56. The van der Waals surface area contributed by atoms with Crippen LogP contribution in [-0.4, -0.2) is 103 Å². The molecule has 8 nitrogen and oxygen atoms in total. The minimum atomic E-state index is -5.07. The summed E-state index contributed by atoms with van der Waals surface area (Å²) < 4.78 is 87.6. The summed E-state index contributed by atoms with van der Waals surface area (Å²) in [5, 5.41) is 5.41. The molecule has 0 spiro atoms. The molecule has 0 unspecified atom stereocenters. The van der Waals surface area contributed by atoms with Crippen LogP contribution >= 0.6 is 0 Å². The zero-order valence-corrected chi connectivity index (χ0v) is 27.1. The van der Waals surface area contributed by atoms with Gasteiger partial charge in [0, 0.05) is 80.1 Å². The number of rotatable bonds is 10. The minimum Gasteiger partial charge on any atom is -0.394 e. The van der Waals surface area contributed by atoms with Crippen molar-refractivity contribution in [2.24, 2.45) is 5.16 Å². The third kappa shape index (κ3) is 8.66. The van der Waals surface area contributed by atoms with Crippen molar-refractivity contribution in [2.75, 3.05) is 65.6 Å². The van der Waals surface area contributed by atoms with Gasteiger partial charge in [0.15, 0.2) is 0 Å². The van der Waals surface area contributed by atoms with Crippen LogP contribution in [0.15, 0.2) is 84.1 Å². The van der Waals surface area contributed by atoms with Crippen molar-refractivity contribution < 1.29 is 40.7 Å². The Morgan fingerprint density at radius 1 is 0.840 bits per heavy atom. The second-order valence-corrected chi connectivity index (χ2v) is 12.4. The number of aromatic amines is 1. The zero-order valence-electron chi connectivity index (χ0n) is 27.1. The van der Waals surface area contributed by atoms with Gasteiger partial charge >= 0.3 is 12.4 Å². The van der Waals surface area contributed by atoms with Crippen LogP contribution in [0.4, 0.5) is 26.3 Å². The van der Waals surface area contributed by atoms with Crippen molar-refractivity contribution in [1.29, 1.82) is 0 Å². The Bertz CT molecular complexity index is 1750. The summed E-state index contributed by atoms with van der Waals surface area (Å²) in [5.74, 6) is -0.894. The molecule has 0 bridgehead atoms. The lowest BCUT2D eigenvalue weighted by molar-refractivity contribution is -0.143. The summed E-state index contributed by atoms with van der Waals surface area (Å²) in [4.78, 5) is 28.6. The van der Waals surface area contributed by atoms with Crippen LogP contribution in [0.3, 0.4) is 0 Å². The lowest BCUT2D eigenvalue weighted by Gasteiger charge is -2.42. The van der Waals surface area contributed by atoms with Crippen molar-refractivity contribution in [2.45, 2.75) is 24.8 Å². The summed E-state index contributed by atoms with van der Waals surface area (Å²) in [6, 6.07) is 17.5. The number of benzene rings is 3. The number of para-hydroxylation sites is 1. The summed E-state index contributed by atoms with van der Waals surface area (Å²) in [6.07, 6.45) is -8.02. The molecule has 2 aliphatic rings. The number of aromatic nitrogens is 1. The maximum atomic E-state index is 13.9. The van der Waals surface area contributed by atoms with Gasteiger partial charge in [0.05, 0.1) is 24.3 Å². The van der Waals surface area contributed by atoms with Gasteiger partial charge in [-0.1, -0.05) is 53.7 Å². The van der Waals surface area contributed by atoms with Crippen molar-refractivity contribution in [3.05, 3.63) is 107 Å². The quantitative estimate of drug-likeness (QED) is 0.0907. The number of hydrogen-bond acceptors (Lipinski definition) is 6. The maximum absolute atomic E-state index is 13.9. The Morgan fingerprint density at radius 3 is 2.22 bits per heavy atom. The molecule has 0 saturated carbocycles. The average Bonchev–Trinajstić information content (AvgIpc) is 3.52. The topological polar surface area (TPSA) is 73.4 Å². The van der Waals surface area contributed by atoms with E-state index in [1.807, 2.05) is 60.8 Å². The fourth-order valence-electron chi connectivity index (χ4n) is 6.44. The number of piperazine rings is 1. The van der Waals surface area contributed by atoms with Crippen molar-refractivity contribution in [3.8, 4) is 0 Å². The molecule has 2 saturated heterocycles. The third-order valence-corrected chi connectivity index (χ3v) is 9.05. The smallest absolute Gasteiger partial charge is 0.394 e. The van der Waals surface area contributed by atoms with Gasteiger partial charge in [0.25, 0.3) is 5.91 Å². The first-order chi connectivity index (χ1) is 24.0. The fourth-order valence-corrected chi connectivity index (χ4v) is 6.44. The molecule has 266 valence electrons. The average molecular weight is 702 g/mol. The van der Waals surface area contributed by atoms with Gasteiger partial charge in [-0.3, -0.25) is 14.6 Å². The molecule has 1 N–H and O–H groups in total. The Labute approximate surface area is 285 Å². The Hall–Kier alpha value is -4.40. The van der Waals surface area contributed by atoms with Gasteiger partial charge in [-0.2, -0.15) is 26.3 Å². The van der Waals surface area contributed by atoms with E-state index >= 15 is 0 Å². The van der Waals surface area contributed by atoms with E-state index < -0.39 is 41.0 Å². The Morgan fingerprint density at radius 2 is 1.52 bits per heavy atom. The molecule has 2 aliphatic heterocycles. The number of nitrogens with zero attached hydrogens (tertiary/aromatic N) is 4. The van der Waals surface area contributed by atoms with E-state index in [-0.39, 0.29) is 19.2 Å². The number of H-pyrrole nitrogens is 1. The second-order valence-electron chi connectivity index (χ2n) is 12.4. The monoisotopic (exact) mass is 701 g/mol. The predicted molar refractivity (Wildman–Crippen MR) is 176 cm³/mol. The van der Waals surface area contributed by atoms with Crippen LogP contribution in [-0.2, 0) is 28.3 Å². The molecule has 3 heterocycles. The van der Waals surface area contributed by atoms with Crippen LogP contribution in [0.5, 0.6) is 0 Å². The van der Waals surface area contributed by atoms with Crippen LogP contribution in [0.25, 0.3) is 10.9 Å². The molecule has 14 heteroatoms. The van der Waals surface area contributed by atoms with E-state index in [1.165, 1.54) is 4.90 Å². The number of nitrogens with one attached hydrogen (secondary N) is 1. The molecule has 6 rings (SSSR count). The summed E-state index contributed by atoms with van der Waals surface area (Å²) in [7, 11) is 0. The SMILES string of the molecule is O=C(c1cc(C(F)(F)F)cc(C(F)(F)F)c1)N1CCN(CC(=NOCCN2CCOCC2)c2ccccc2)C[C@H]1Cc1c[nH]c2ccccc12. The van der Waals surface area contributed by atoms with Crippen LogP contribution in [0, 0.1) is 0 Å². The first-order valence-electron chi connectivity index (χ1n) is 16.4. The number of morpholine rings is 1. The molecule has 2 fully saturated rings. The highest BCUT2D eigenvalue weighted by molar-refractivity contribution is 6.01. The number of halogens is 6. The number of fused-ring (bicyclic) bond motifs is 1. The van der Waals surface area contributed by atoms with Gasteiger partial charge in [-0.25, -0.2) is 0 Å². The number of amides is 1. The van der Waals surface area contributed by atoms with Gasteiger partial charge in [0.2, 0.25) is 0 Å². The molecular weight excluding hydrogens is 664 g/mol. The third-order valence-electron chi connectivity index (χ3n) is 9.05. The standard InChI is InChI=1S/C36H37F6N5O3/c37-35(38,39)28-18-26(19-29(21-28)36(40,41)42)34(48)47-11-10-46(23-30(47)20-27-22-43-32-9-5-4-8-31(27)32)24-33(25-6-2-1-3-7-25)44-50-17-14-45-12-15-49-16-13-45/h1-9,18-19,21-22,30,43H,10-17,20,23-24H2/t30-/m1/s1. The molecule has 1 aromatic heterocycles. The van der Waals surface area contributed by atoms with E-state index in [0.717, 1.165) is 35.1 Å². The fraction of sp³-hybridized carbons (Fsp3) is 0.389. The van der Waals surface area contributed by atoms with Gasteiger partial charge < -0.3 is 19.5 Å². The number of alkyl halides is 6. The predicted octanol–water partition coefficient (Wildman–Crippen LogP) is 6.33. The zero-order chi connectivity index (χ0) is 35.3. The maximum Gasteiger partial charge on any atom is 0.416 e. The molecule has 4 aromatic rings. The molecule has 0 radical (unpaired) electrons.